The van der Waals surface area contributed by atoms with Crippen molar-refractivity contribution in [3.05, 3.63) is 0 Å². The number of nitrogens with one attached hydrogen (secondary N) is 1. The van der Waals surface area contributed by atoms with Gasteiger partial charge in [-0.15, -0.1) is 0 Å². The van der Waals surface area contributed by atoms with Gasteiger partial charge >= 0.3 is 11.9 Å². The minimum absolute atomic E-state index is 0.155. The van der Waals surface area contributed by atoms with Gasteiger partial charge in [0.25, 0.3) is 0 Å². The number of carbonyl (C=O) groups is 3. The average molecular weight is 202 g/mol. The highest BCUT2D eigenvalue weighted by Crippen LogP contribution is 2.17. The zero-order chi connectivity index (χ0) is 10.9. The van der Waals surface area contributed by atoms with Gasteiger partial charge in [0.15, 0.2) is 0 Å². The predicted octanol–water partition coefficient (Wildman–Crippen LogP) is -2.01. The summed E-state index contributed by atoms with van der Waals surface area (Å²) in [5.41, 5.74) is 5.30. The van der Waals surface area contributed by atoms with Crippen LogP contribution in [0, 0.1) is 5.92 Å². The molecule has 0 aromatic heterocycles. The first kappa shape index (κ1) is 10.5. The highest BCUT2D eigenvalue weighted by atomic mass is 16.4. The van der Waals surface area contributed by atoms with E-state index in [4.69, 9.17) is 15.9 Å². The molecule has 0 unspecified atom stereocenters. The molecule has 0 radical (unpaired) electrons. The van der Waals surface area contributed by atoms with Crippen molar-refractivity contribution in [2.45, 2.75) is 18.5 Å². The predicted molar refractivity (Wildman–Crippen MR) is 43.3 cm³/mol. The van der Waals surface area contributed by atoms with Crippen LogP contribution in [0.2, 0.25) is 0 Å². The molecule has 1 amide bonds. The smallest absolute Gasteiger partial charge is 0.327 e. The lowest BCUT2D eigenvalue weighted by molar-refractivity contribution is -0.155. The Balaban J connectivity index is 2.85. The molecule has 3 atom stereocenters. The Labute approximate surface area is 78.9 Å². The minimum atomic E-state index is -1.39. The molecule has 1 rings (SSSR count). The third kappa shape index (κ3) is 1.82. The zero-order valence-electron chi connectivity index (χ0n) is 7.14. The number of amides is 1. The quantitative estimate of drug-likeness (QED) is 0.409. The van der Waals surface area contributed by atoms with Gasteiger partial charge in [-0.1, -0.05) is 0 Å². The Morgan fingerprint density at radius 2 is 1.93 bits per heavy atom. The van der Waals surface area contributed by atoms with Crippen molar-refractivity contribution in [1.82, 2.24) is 5.32 Å². The SMILES string of the molecule is N[C@H]1C[C@@H](C(=O)O)[C@@H](C(=O)O)NC1=O. The standard InChI is InChI=1S/C7H10N2O5/c8-3-1-2(6(11)12)4(7(13)14)9-5(3)10/h2-4H,1,8H2,(H,9,10)(H,11,12)(H,13,14)/t2-,3+,4+/m1/s1. The number of rotatable bonds is 2. The number of carboxylic acid groups (broad SMARTS) is 2. The van der Waals surface area contributed by atoms with Crippen LogP contribution < -0.4 is 11.1 Å². The van der Waals surface area contributed by atoms with Crippen LogP contribution in [0.1, 0.15) is 6.42 Å². The fourth-order valence-corrected chi connectivity index (χ4v) is 1.35. The molecular weight excluding hydrogens is 192 g/mol. The molecule has 1 aliphatic heterocycles. The van der Waals surface area contributed by atoms with Gasteiger partial charge in [-0.3, -0.25) is 9.59 Å². The van der Waals surface area contributed by atoms with E-state index in [1.165, 1.54) is 0 Å². The summed E-state index contributed by atoms with van der Waals surface area (Å²) in [4.78, 5) is 32.2. The van der Waals surface area contributed by atoms with E-state index >= 15 is 0 Å². The lowest BCUT2D eigenvalue weighted by atomic mass is 9.88. The summed E-state index contributed by atoms with van der Waals surface area (Å²) in [7, 11) is 0. The summed E-state index contributed by atoms with van der Waals surface area (Å²) >= 11 is 0. The topological polar surface area (TPSA) is 130 Å². The highest BCUT2D eigenvalue weighted by Gasteiger charge is 2.41. The molecule has 78 valence electrons. The van der Waals surface area contributed by atoms with Crippen molar-refractivity contribution >= 4 is 17.8 Å². The summed E-state index contributed by atoms with van der Waals surface area (Å²) in [5.74, 6) is -4.43. The maximum absolute atomic E-state index is 11.0. The molecule has 1 fully saturated rings. The third-order valence-corrected chi connectivity index (χ3v) is 2.13. The number of hydrogen-bond donors (Lipinski definition) is 4. The first-order valence-electron chi connectivity index (χ1n) is 3.95. The van der Waals surface area contributed by atoms with E-state index in [0.717, 1.165) is 0 Å². The number of nitrogens with two attached hydrogens (primary N) is 1. The van der Waals surface area contributed by atoms with Crippen LogP contribution in [0.15, 0.2) is 0 Å². The average Bonchev–Trinajstić information content (AvgIpc) is 2.08. The van der Waals surface area contributed by atoms with Crippen molar-refractivity contribution < 1.29 is 24.6 Å². The Hall–Kier alpha value is -1.63. The molecule has 0 aromatic rings. The van der Waals surface area contributed by atoms with E-state index in [0.29, 0.717) is 0 Å². The molecule has 14 heavy (non-hydrogen) atoms. The van der Waals surface area contributed by atoms with Gasteiger partial charge in [0.1, 0.15) is 6.04 Å². The summed E-state index contributed by atoms with van der Waals surface area (Å²) < 4.78 is 0. The van der Waals surface area contributed by atoms with Gasteiger partial charge < -0.3 is 21.3 Å². The van der Waals surface area contributed by atoms with Gasteiger partial charge in [-0.25, -0.2) is 4.79 Å². The molecule has 0 saturated carbocycles. The zero-order valence-corrected chi connectivity index (χ0v) is 7.14. The van der Waals surface area contributed by atoms with E-state index in [-0.39, 0.29) is 6.42 Å². The molecule has 0 bridgehead atoms. The fourth-order valence-electron chi connectivity index (χ4n) is 1.35. The Morgan fingerprint density at radius 1 is 1.36 bits per heavy atom. The molecule has 0 spiro atoms. The van der Waals surface area contributed by atoms with Gasteiger partial charge in [0.2, 0.25) is 5.91 Å². The minimum Gasteiger partial charge on any atom is -0.481 e. The Bertz CT molecular complexity index is 290. The number of aliphatic carboxylic acids is 2. The molecular formula is C7H10N2O5. The van der Waals surface area contributed by atoms with E-state index in [2.05, 4.69) is 5.32 Å². The number of carboxylic acids is 2. The van der Waals surface area contributed by atoms with E-state index in [1.807, 2.05) is 0 Å². The van der Waals surface area contributed by atoms with Crippen molar-refractivity contribution in [1.29, 1.82) is 0 Å². The van der Waals surface area contributed by atoms with Crippen molar-refractivity contribution in [3.63, 3.8) is 0 Å². The van der Waals surface area contributed by atoms with Gasteiger partial charge in [0.05, 0.1) is 12.0 Å². The maximum atomic E-state index is 11.0. The largest absolute Gasteiger partial charge is 0.481 e. The molecule has 1 aliphatic rings. The first-order chi connectivity index (χ1) is 6.43. The summed E-state index contributed by atoms with van der Waals surface area (Å²) in [6.45, 7) is 0. The monoisotopic (exact) mass is 202 g/mol. The molecule has 5 N–H and O–H groups in total. The second-order valence-electron chi connectivity index (χ2n) is 3.11. The molecule has 7 nitrogen and oxygen atoms in total. The van der Waals surface area contributed by atoms with Crippen LogP contribution in [-0.2, 0) is 14.4 Å². The molecule has 7 heteroatoms. The van der Waals surface area contributed by atoms with E-state index in [1.54, 1.807) is 0 Å². The van der Waals surface area contributed by atoms with Crippen molar-refractivity contribution in [2.75, 3.05) is 0 Å². The second kappa shape index (κ2) is 3.62. The normalized spacial score (nSPS) is 32.1. The fraction of sp³-hybridized carbons (Fsp3) is 0.571. The number of piperidine rings is 1. The van der Waals surface area contributed by atoms with Crippen LogP contribution in [0.5, 0.6) is 0 Å². The van der Waals surface area contributed by atoms with Crippen molar-refractivity contribution in [2.24, 2.45) is 11.7 Å². The summed E-state index contributed by atoms with van der Waals surface area (Å²) in [5, 5.41) is 19.4. The van der Waals surface area contributed by atoms with Crippen LogP contribution in [0.25, 0.3) is 0 Å². The molecule has 0 aromatic carbocycles. The molecule has 1 saturated heterocycles. The maximum Gasteiger partial charge on any atom is 0.327 e. The van der Waals surface area contributed by atoms with Gasteiger partial charge in [0, 0.05) is 0 Å². The van der Waals surface area contributed by atoms with Crippen LogP contribution >= 0.6 is 0 Å². The molecule has 0 aliphatic carbocycles. The first-order valence-corrected chi connectivity index (χ1v) is 3.95. The summed E-state index contributed by atoms with van der Waals surface area (Å²) in [6.07, 6.45) is -0.155. The van der Waals surface area contributed by atoms with Crippen LogP contribution in [-0.4, -0.2) is 40.1 Å². The number of carbonyl (C=O) groups excluding carboxylic acids is 1. The van der Waals surface area contributed by atoms with Gasteiger partial charge in [-0.2, -0.15) is 0 Å². The Morgan fingerprint density at radius 3 is 2.36 bits per heavy atom. The third-order valence-electron chi connectivity index (χ3n) is 2.13. The highest BCUT2D eigenvalue weighted by molar-refractivity contribution is 5.92. The lowest BCUT2D eigenvalue weighted by Gasteiger charge is -2.29. The summed E-state index contributed by atoms with van der Waals surface area (Å²) in [6, 6.07) is -2.34. The second-order valence-corrected chi connectivity index (χ2v) is 3.11. The van der Waals surface area contributed by atoms with Crippen LogP contribution in [0.4, 0.5) is 0 Å². The van der Waals surface area contributed by atoms with Crippen molar-refractivity contribution in [3.8, 4) is 0 Å². The van der Waals surface area contributed by atoms with E-state index in [9.17, 15) is 14.4 Å². The van der Waals surface area contributed by atoms with E-state index < -0.39 is 35.8 Å². The lowest BCUT2D eigenvalue weighted by Crippen LogP contribution is -2.59. The molecule has 1 heterocycles. The number of hydrogen-bond acceptors (Lipinski definition) is 4. The van der Waals surface area contributed by atoms with Gasteiger partial charge in [-0.05, 0) is 6.42 Å². The Kier molecular flexibility index (Phi) is 2.70. The van der Waals surface area contributed by atoms with Crippen LogP contribution in [0.3, 0.4) is 0 Å².